The van der Waals surface area contributed by atoms with Crippen molar-refractivity contribution in [1.82, 2.24) is 15.6 Å². The van der Waals surface area contributed by atoms with Crippen molar-refractivity contribution in [3.63, 3.8) is 0 Å². The molecule has 0 spiro atoms. The highest BCUT2D eigenvalue weighted by molar-refractivity contribution is 5.79. The number of amides is 2. The zero-order valence-corrected chi connectivity index (χ0v) is 17.0. The first-order valence-electron chi connectivity index (χ1n) is 10.4. The Morgan fingerprint density at radius 3 is 2.43 bits per heavy atom. The van der Waals surface area contributed by atoms with Crippen LogP contribution in [0.4, 0.5) is 13.2 Å². The Labute approximate surface area is 174 Å². The molecule has 1 aromatic rings. The second kappa shape index (κ2) is 9.76. The number of alkyl halides is 3. The SMILES string of the molecule is CC1CC(OCC(=O)NC2CCC(C(=O)NCc3ccc(C(F)(F)F)cn3)CC2)C1. The number of nitrogens with one attached hydrogen (secondary N) is 2. The first-order valence-corrected chi connectivity index (χ1v) is 10.4. The number of aromatic nitrogens is 1. The van der Waals surface area contributed by atoms with Crippen molar-refractivity contribution in [1.29, 1.82) is 0 Å². The van der Waals surface area contributed by atoms with E-state index in [-0.39, 0.29) is 43.0 Å². The molecule has 30 heavy (non-hydrogen) atoms. The van der Waals surface area contributed by atoms with Crippen molar-refractivity contribution >= 4 is 11.8 Å². The van der Waals surface area contributed by atoms with Crippen LogP contribution in [-0.2, 0) is 27.0 Å². The highest BCUT2D eigenvalue weighted by Crippen LogP contribution is 2.29. The summed E-state index contributed by atoms with van der Waals surface area (Å²) in [7, 11) is 0. The molecule has 0 aliphatic heterocycles. The van der Waals surface area contributed by atoms with E-state index in [1.165, 1.54) is 6.07 Å². The molecule has 2 saturated carbocycles. The molecule has 2 aliphatic carbocycles. The molecule has 0 unspecified atom stereocenters. The summed E-state index contributed by atoms with van der Waals surface area (Å²) >= 11 is 0. The number of carbonyl (C=O) groups is 2. The molecule has 0 atom stereocenters. The Balaban J connectivity index is 1.33. The quantitative estimate of drug-likeness (QED) is 0.700. The van der Waals surface area contributed by atoms with Crippen LogP contribution in [-0.4, -0.2) is 35.6 Å². The summed E-state index contributed by atoms with van der Waals surface area (Å²) in [4.78, 5) is 28.1. The summed E-state index contributed by atoms with van der Waals surface area (Å²) in [6, 6.07) is 2.27. The number of nitrogens with zero attached hydrogens (tertiary/aromatic N) is 1. The third-order valence-electron chi connectivity index (χ3n) is 5.84. The number of carbonyl (C=O) groups excluding carboxylic acids is 2. The molecule has 0 saturated heterocycles. The van der Waals surface area contributed by atoms with Gasteiger partial charge in [-0.3, -0.25) is 14.6 Å². The molecule has 6 nitrogen and oxygen atoms in total. The lowest BCUT2D eigenvalue weighted by Crippen LogP contribution is -2.43. The van der Waals surface area contributed by atoms with Crippen LogP contribution in [0, 0.1) is 11.8 Å². The Hall–Kier alpha value is -2.16. The van der Waals surface area contributed by atoms with Gasteiger partial charge < -0.3 is 15.4 Å². The molecule has 2 N–H and O–H groups in total. The van der Waals surface area contributed by atoms with Crippen molar-refractivity contribution in [2.75, 3.05) is 6.61 Å². The summed E-state index contributed by atoms with van der Waals surface area (Å²) < 4.78 is 43.2. The van der Waals surface area contributed by atoms with Crippen LogP contribution in [0.3, 0.4) is 0 Å². The minimum atomic E-state index is -4.43. The Morgan fingerprint density at radius 2 is 1.87 bits per heavy atom. The maximum absolute atomic E-state index is 12.6. The lowest BCUT2D eigenvalue weighted by molar-refractivity contribution is -0.138. The molecule has 0 bridgehead atoms. The van der Waals surface area contributed by atoms with Gasteiger partial charge in [-0.2, -0.15) is 13.2 Å². The van der Waals surface area contributed by atoms with Crippen molar-refractivity contribution in [2.45, 2.75) is 70.3 Å². The van der Waals surface area contributed by atoms with Crippen LogP contribution in [0.1, 0.15) is 56.7 Å². The lowest BCUT2D eigenvalue weighted by Gasteiger charge is -2.32. The standard InChI is InChI=1S/C21H28F3N3O3/c1-13-8-18(9-13)30-12-19(28)27-16-5-2-14(3-6-16)20(29)26-11-17-7-4-15(10-25-17)21(22,23)24/h4,7,10,13-14,16,18H,2-3,5-6,8-9,11-12H2,1H3,(H,26,29)(H,27,28). The highest BCUT2D eigenvalue weighted by atomic mass is 19.4. The molecule has 2 amide bonds. The van der Waals surface area contributed by atoms with Crippen LogP contribution < -0.4 is 10.6 Å². The average Bonchev–Trinajstić information content (AvgIpc) is 2.69. The van der Waals surface area contributed by atoms with Gasteiger partial charge in [0.2, 0.25) is 11.8 Å². The van der Waals surface area contributed by atoms with E-state index < -0.39 is 11.7 Å². The van der Waals surface area contributed by atoms with Crippen LogP contribution in [0.25, 0.3) is 0 Å². The molecular formula is C21H28F3N3O3. The molecule has 9 heteroatoms. The van der Waals surface area contributed by atoms with E-state index >= 15 is 0 Å². The van der Waals surface area contributed by atoms with Crippen LogP contribution >= 0.6 is 0 Å². The van der Waals surface area contributed by atoms with Gasteiger partial charge in [0.25, 0.3) is 0 Å². The Kier molecular flexibility index (Phi) is 7.33. The van der Waals surface area contributed by atoms with E-state index in [0.717, 1.165) is 25.1 Å². The zero-order valence-electron chi connectivity index (χ0n) is 17.0. The molecular weight excluding hydrogens is 399 g/mol. The number of halogens is 3. The van der Waals surface area contributed by atoms with Crippen LogP contribution in [0.2, 0.25) is 0 Å². The number of pyridine rings is 1. The Morgan fingerprint density at radius 1 is 1.17 bits per heavy atom. The average molecular weight is 427 g/mol. The van der Waals surface area contributed by atoms with Gasteiger partial charge >= 0.3 is 6.18 Å². The number of ether oxygens (including phenoxy) is 1. The van der Waals surface area contributed by atoms with Crippen molar-refractivity contribution in [3.05, 3.63) is 29.6 Å². The van der Waals surface area contributed by atoms with E-state index in [0.29, 0.717) is 37.3 Å². The summed E-state index contributed by atoms with van der Waals surface area (Å²) in [6.07, 6.45) is 1.28. The van der Waals surface area contributed by atoms with Gasteiger partial charge in [0, 0.05) is 18.2 Å². The molecule has 2 aliphatic rings. The van der Waals surface area contributed by atoms with Gasteiger partial charge in [-0.15, -0.1) is 0 Å². The van der Waals surface area contributed by atoms with Crippen LogP contribution in [0.15, 0.2) is 18.3 Å². The predicted octanol–water partition coefficient (Wildman–Crippen LogP) is 3.21. The van der Waals surface area contributed by atoms with E-state index in [1.54, 1.807) is 0 Å². The van der Waals surface area contributed by atoms with E-state index in [4.69, 9.17) is 4.74 Å². The second-order valence-electron chi connectivity index (χ2n) is 8.38. The van der Waals surface area contributed by atoms with Gasteiger partial charge in [0.15, 0.2) is 0 Å². The summed E-state index contributed by atoms with van der Waals surface area (Å²) in [5.41, 5.74) is -0.441. The van der Waals surface area contributed by atoms with E-state index in [9.17, 15) is 22.8 Å². The normalized spacial score (nSPS) is 26.5. The Bertz CT molecular complexity index is 725. The zero-order chi connectivity index (χ0) is 21.7. The summed E-state index contributed by atoms with van der Waals surface area (Å²) in [5.74, 6) is 0.259. The van der Waals surface area contributed by atoms with Gasteiger partial charge in [0.05, 0.1) is 23.9 Å². The third kappa shape index (κ3) is 6.42. The molecule has 0 aromatic carbocycles. The monoisotopic (exact) mass is 427 g/mol. The maximum Gasteiger partial charge on any atom is 0.417 e. The van der Waals surface area contributed by atoms with E-state index in [1.807, 2.05) is 0 Å². The summed E-state index contributed by atoms with van der Waals surface area (Å²) in [6.45, 7) is 2.33. The molecule has 2 fully saturated rings. The van der Waals surface area contributed by atoms with Crippen molar-refractivity contribution in [3.8, 4) is 0 Å². The topological polar surface area (TPSA) is 80.3 Å². The fourth-order valence-electron chi connectivity index (χ4n) is 3.95. The molecule has 3 rings (SSSR count). The van der Waals surface area contributed by atoms with Gasteiger partial charge in [0.1, 0.15) is 6.61 Å². The third-order valence-corrected chi connectivity index (χ3v) is 5.84. The number of hydrogen-bond acceptors (Lipinski definition) is 4. The number of hydrogen-bond donors (Lipinski definition) is 2. The van der Waals surface area contributed by atoms with Gasteiger partial charge in [-0.25, -0.2) is 0 Å². The largest absolute Gasteiger partial charge is 0.417 e. The smallest absolute Gasteiger partial charge is 0.368 e. The summed E-state index contributed by atoms with van der Waals surface area (Å²) in [5, 5.41) is 5.71. The van der Waals surface area contributed by atoms with Gasteiger partial charge in [-0.1, -0.05) is 6.92 Å². The second-order valence-corrected chi connectivity index (χ2v) is 8.38. The lowest BCUT2D eigenvalue weighted by atomic mass is 9.84. The first kappa shape index (κ1) is 22.5. The minimum absolute atomic E-state index is 0.0436. The molecule has 1 aromatic heterocycles. The van der Waals surface area contributed by atoms with E-state index in [2.05, 4.69) is 22.5 Å². The fourth-order valence-corrected chi connectivity index (χ4v) is 3.95. The fraction of sp³-hybridized carbons (Fsp3) is 0.667. The molecule has 166 valence electrons. The molecule has 1 heterocycles. The minimum Gasteiger partial charge on any atom is -0.368 e. The highest BCUT2D eigenvalue weighted by Gasteiger charge is 2.31. The maximum atomic E-state index is 12.6. The predicted molar refractivity (Wildman–Crippen MR) is 103 cm³/mol. The van der Waals surface area contributed by atoms with Crippen molar-refractivity contribution in [2.24, 2.45) is 11.8 Å². The molecule has 0 radical (unpaired) electrons. The van der Waals surface area contributed by atoms with Crippen molar-refractivity contribution < 1.29 is 27.5 Å². The first-order chi connectivity index (χ1) is 14.2. The number of rotatable bonds is 7. The van der Waals surface area contributed by atoms with Crippen LogP contribution in [0.5, 0.6) is 0 Å². The van der Waals surface area contributed by atoms with Gasteiger partial charge in [-0.05, 0) is 56.6 Å².